The molecule has 110 valence electrons. The molecule has 2 aromatic rings. The Hall–Kier alpha value is -2.96. The molecule has 7 nitrogen and oxygen atoms in total. The van der Waals surface area contributed by atoms with Crippen LogP contribution in [0.3, 0.4) is 0 Å². The highest BCUT2D eigenvalue weighted by Crippen LogP contribution is 2.25. The molecule has 7 heteroatoms. The van der Waals surface area contributed by atoms with Crippen molar-refractivity contribution in [3.05, 3.63) is 47.9 Å². The lowest BCUT2D eigenvalue weighted by atomic mass is 10.1. The summed E-state index contributed by atoms with van der Waals surface area (Å²) >= 11 is 0. The van der Waals surface area contributed by atoms with Crippen LogP contribution in [0, 0.1) is 0 Å². The van der Waals surface area contributed by atoms with Crippen molar-refractivity contribution in [3.8, 4) is 11.5 Å². The molecule has 0 aliphatic carbocycles. The number of carboxylic acids is 1. The molecule has 0 fully saturated rings. The number of nitrogens with one attached hydrogen (secondary N) is 1. The number of carbonyl (C=O) groups is 2. The Morgan fingerprint density at radius 2 is 1.95 bits per heavy atom. The van der Waals surface area contributed by atoms with Gasteiger partial charge in [0.25, 0.3) is 5.91 Å². The Bertz CT molecular complexity index is 649. The van der Waals surface area contributed by atoms with E-state index in [9.17, 15) is 19.8 Å². The van der Waals surface area contributed by atoms with Crippen molar-refractivity contribution in [3.63, 3.8) is 0 Å². The summed E-state index contributed by atoms with van der Waals surface area (Å²) in [6, 6.07) is 5.70. The molecule has 1 heterocycles. The van der Waals surface area contributed by atoms with Crippen molar-refractivity contribution in [2.75, 3.05) is 0 Å². The van der Waals surface area contributed by atoms with Crippen LogP contribution in [-0.2, 0) is 11.2 Å². The van der Waals surface area contributed by atoms with Crippen molar-refractivity contribution < 1.29 is 29.3 Å². The fraction of sp³-hybridized carbons (Fsp3) is 0.143. The largest absolute Gasteiger partial charge is 0.504 e. The minimum absolute atomic E-state index is 0.00908. The van der Waals surface area contributed by atoms with Crippen molar-refractivity contribution in [2.24, 2.45) is 0 Å². The molecule has 4 N–H and O–H groups in total. The summed E-state index contributed by atoms with van der Waals surface area (Å²) in [5.41, 5.74) is 0.456. The minimum atomic E-state index is -1.22. The lowest BCUT2D eigenvalue weighted by molar-refractivity contribution is -0.139. The van der Waals surface area contributed by atoms with Crippen LogP contribution in [0.2, 0.25) is 0 Å². The number of phenols is 2. The topological polar surface area (TPSA) is 120 Å². The van der Waals surface area contributed by atoms with Crippen molar-refractivity contribution in [1.82, 2.24) is 5.32 Å². The number of phenolic OH excluding ortho intramolecular Hbond substituents is 2. The number of hydrogen-bond acceptors (Lipinski definition) is 5. The molecule has 0 saturated carbocycles. The standard InChI is InChI=1S/C14H13NO6/c16-10-4-3-8(7-11(10)17)6-9(14(19)20)15-13(18)12-2-1-5-21-12/h1-5,7,9,16-17H,6H2,(H,15,18)(H,19,20). The predicted molar refractivity (Wildman–Crippen MR) is 71.1 cm³/mol. The highest BCUT2D eigenvalue weighted by Gasteiger charge is 2.22. The first-order valence-electron chi connectivity index (χ1n) is 6.05. The Labute approximate surface area is 119 Å². The third-order valence-electron chi connectivity index (χ3n) is 2.83. The maximum atomic E-state index is 11.8. The Kier molecular flexibility index (Phi) is 4.13. The van der Waals surface area contributed by atoms with Gasteiger partial charge in [0.15, 0.2) is 17.3 Å². The molecule has 0 spiro atoms. The second kappa shape index (κ2) is 6.00. The third-order valence-corrected chi connectivity index (χ3v) is 2.83. The van der Waals surface area contributed by atoms with Crippen LogP contribution < -0.4 is 5.32 Å². The lowest BCUT2D eigenvalue weighted by Gasteiger charge is -2.14. The summed E-state index contributed by atoms with van der Waals surface area (Å²) in [6.07, 6.45) is 1.26. The molecule has 21 heavy (non-hydrogen) atoms. The van der Waals surface area contributed by atoms with Gasteiger partial charge in [-0.05, 0) is 29.8 Å². The zero-order valence-corrected chi connectivity index (χ0v) is 10.8. The number of furan rings is 1. The molecule has 1 aromatic carbocycles. The quantitative estimate of drug-likeness (QED) is 0.613. The van der Waals surface area contributed by atoms with Gasteiger partial charge >= 0.3 is 5.97 Å². The minimum Gasteiger partial charge on any atom is -0.504 e. The Morgan fingerprint density at radius 3 is 2.52 bits per heavy atom. The first-order chi connectivity index (χ1) is 9.97. The summed E-state index contributed by atoms with van der Waals surface area (Å²) in [5, 5.41) is 30.1. The van der Waals surface area contributed by atoms with E-state index in [2.05, 4.69) is 5.32 Å². The second-order valence-corrected chi connectivity index (χ2v) is 4.37. The summed E-state index contributed by atoms with van der Waals surface area (Å²) < 4.78 is 4.88. The van der Waals surface area contributed by atoms with E-state index < -0.39 is 17.9 Å². The van der Waals surface area contributed by atoms with Crippen LogP contribution in [0.1, 0.15) is 16.1 Å². The van der Waals surface area contributed by atoms with Crippen LogP contribution in [0.4, 0.5) is 0 Å². The zero-order chi connectivity index (χ0) is 15.4. The number of carboxylic acid groups (broad SMARTS) is 1. The van der Waals surface area contributed by atoms with E-state index >= 15 is 0 Å². The molecule has 0 aliphatic heterocycles. The maximum Gasteiger partial charge on any atom is 0.326 e. The maximum absolute atomic E-state index is 11.8. The fourth-order valence-electron chi connectivity index (χ4n) is 1.77. The van der Waals surface area contributed by atoms with Crippen LogP contribution in [0.5, 0.6) is 11.5 Å². The fourth-order valence-corrected chi connectivity index (χ4v) is 1.77. The van der Waals surface area contributed by atoms with Gasteiger partial charge in [-0.3, -0.25) is 4.79 Å². The van der Waals surface area contributed by atoms with Crippen LogP contribution >= 0.6 is 0 Å². The summed E-state index contributed by atoms with van der Waals surface area (Å²) in [4.78, 5) is 23.0. The van der Waals surface area contributed by atoms with Gasteiger partial charge in [0.1, 0.15) is 6.04 Å². The van der Waals surface area contributed by atoms with Gasteiger partial charge in [-0.2, -0.15) is 0 Å². The molecule has 2 rings (SSSR count). The number of benzene rings is 1. The molecule has 0 bridgehead atoms. The molecule has 1 atom stereocenters. The number of aliphatic carboxylic acids is 1. The molecule has 0 saturated heterocycles. The molecule has 0 aliphatic rings. The van der Waals surface area contributed by atoms with Crippen LogP contribution in [0.15, 0.2) is 41.0 Å². The average Bonchev–Trinajstić information content (AvgIpc) is 2.96. The van der Waals surface area contributed by atoms with Gasteiger partial charge in [0, 0.05) is 6.42 Å². The third kappa shape index (κ3) is 3.53. The van der Waals surface area contributed by atoms with Crippen molar-refractivity contribution >= 4 is 11.9 Å². The molecule has 1 amide bonds. The lowest BCUT2D eigenvalue weighted by Crippen LogP contribution is -2.42. The summed E-state index contributed by atoms with van der Waals surface area (Å²) in [6.45, 7) is 0. The first-order valence-corrected chi connectivity index (χ1v) is 6.05. The van der Waals surface area contributed by atoms with E-state index in [-0.39, 0.29) is 23.7 Å². The van der Waals surface area contributed by atoms with E-state index in [0.717, 1.165) is 0 Å². The average molecular weight is 291 g/mol. The Morgan fingerprint density at radius 1 is 1.19 bits per heavy atom. The first kappa shape index (κ1) is 14.4. The smallest absolute Gasteiger partial charge is 0.326 e. The Balaban J connectivity index is 2.10. The predicted octanol–water partition coefficient (Wildman–Crippen LogP) is 1.12. The van der Waals surface area contributed by atoms with Gasteiger partial charge in [0.05, 0.1) is 6.26 Å². The van der Waals surface area contributed by atoms with E-state index in [0.29, 0.717) is 5.56 Å². The normalized spacial score (nSPS) is 11.8. The van der Waals surface area contributed by atoms with Crippen LogP contribution in [0.25, 0.3) is 0 Å². The zero-order valence-electron chi connectivity index (χ0n) is 10.8. The number of aromatic hydroxyl groups is 2. The van der Waals surface area contributed by atoms with E-state index in [1.54, 1.807) is 0 Å². The van der Waals surface area contributed by atoms with E-state index in [1.807, 2.05) is 0 Å². The van der Waals surface area contributed by atoms with Gasteiger partial charge in [0.2, 0.25) is 0 Å². The monoisotopic (exact) mass is 291 g/mol. The summed E-state index contributed by atoms with van der Waals surface area (Å²) in [7, 11) is 0. The van der Waals surface area contributed by atoms with Gasteiger partial charge in [-0.1, -0.05) is 6.07 Å². The molecule has 1 aromatic heterocycles. The van der Waals surface area contributed by atoms with Crippen molar-refractivity contribution in [1.29, 1.82) is 0 Å². The summed E-state index contributed by atoms with van der Waals surface area (Å²) in [5.74, 6) is -2.51. The van der Waals surface area contributed by atoms with Gasteiger partial charge in [-0.15, -0.1) is 0 Å². The van der Waals surface area contributed by atoms with E-state index in [4.69, 9.17) is 9.52 Å². The van der Waals surface area contributed by atoms with Crippen LogP contribution in [-0.4, -0.2) is 33.2 Å². The molecular weight excluding hydrogens is 278 g/mol. The molecule has 1 unspecified atom stereocenters. The van der Waals surface area contributed by atoms with Crippen molar-refractivity contribution in [2.45, 2.75) is 12.5 Å². The number of rotatable bonds is 5. The molecular formula is C14H13NO6. The second-order valence-electron chi connectivity index (χ2n) is 4.37. The number of hydrogen-bond donors (Lipinski definition) is 4. The number of amides is 1. The van der Waals surface area contributed by atoms with Gasteiger partial charge < -0.3 is 25.1 Å². The number of carbonyl (C=O) groups excluding carboxylic acids is 1. The highest BCUT2D eigenvalue weighted by molar-refractivity contribution is 5.94. The van der Waals surface area contributed by atoms with Gasteiger partial charge in [-0.25, -0.2) is 4.79 Å². The van der Waals surface area contributed by atoms with E-state index in [1.165, 1.54) is 36.6 Å². The highest BCUT2D eigenvalue weighted by atomic mass is 16.4. The SMILES string of the molecule is O=C(NC(Cc1ccc(O)c(O)c1)C(=O)O)c1ccco1. The molecule has 0 radical (unpaired) electrons.